The van der Waals surface area contributed by atoms with Gasteiger partial charge in [-0.2, -0.15) is 9.97 Å². The Labute approximate surface area is 206 Å². The van der Waals surface area contributed by atoms with Crippen LogP contribution in [0.3, 0.4) is 0 Å². The molecule has 2 amide bonds. The molecule has 9 N–H and O–H groups in total. The normalized spacial score (nSPS) is 12.6. The Kier molecular flexibility index (Phi) is 8.70. The van der Waals surface area contributed by atoms with Crippen LogP contribution in [0.5, 0.6) is 5.88 Å². The Balaban J connectivity index is 1.56. The largest absolute Gasteiger partial charge is 0.493 e. The van der Waals surface area contributed by atoms with E-state index in [2.05, 4.69) is 36.6 Å². The molecule has 0 fully saturated rings. The van der Waals surface area contributed by atoms with Crippen LogP contribution in [0.4, 0.5) is 17.5 Å². The molecular formula is C23H26N8O5. The number of aliphatic imine (C=N–C) groups is 1. The first kappa shape index (κ1) is 25.9. The molecule has 0 saturated carbocycles. The number of nitrogens with one attached hydrogen (secondary N) is 3. The molecule has 0 aliphatic carbocycles. The maximum Gasteiger partial charge on any atom is 0.326 e. The minimum Gasteiger partial charge on any atom is -0.493 e. The molecule has 3 rings (SSSR count). The summed E-state index contributed by atoms with van der Waals surface area (Å²) in [5.41, 5.74) is 15.8. The zero-order chi connectivity index (χ0) is 26.1. The van der Waals surface area contributed by atoms with Gasteiger partial charge in [0.2, 0.25) is 17.7 Å². The fourth-order valence-electron chi connectivity index (χ4n) is 3.14. The number of carbonyl (C=O) groups excluding carboxylic acids is 2. The molecule has 188 valence electrons. The van der Waals surface area contributed by atoms with Crippen molar-refractivity contribution in [2.75, 3.05) is 30.7 Å². The highest BCUT2D eigenvalue weighted by Crippen LogP contribution is 2.27. The Morgan fingerprint density at radius 3 is 2.58 bits per heavy atom. The van der Waals surface area contributed by atoms with Crippen molar-refractivity contribution in [2.45, 2.75) is 18.9 Å². The van der Waals surface area contributed by atoms with E-state index >= 15 is 0 Å². The first-order valence-corrected chi connectivity index (χ1v) is 11.0. The summed E-state index contributed by atoms with van der Waals surface area (Å²) in [5.74, 6) is -2.29. The van der Waals surface area contributed by atoms with Gasteiger partial charge in [0.25, 0.3) is 5.91 Å². The third-order valence-corrected chi connectivity index (χ3v) is 5.03. The highest BCUT2D eigenvalue weighted by Gasteiger charge is 2.21. The Bertz CT molecular complexity index is 1240. The summed E-state index contributed by atoms with van der Waals surface area (Å²) in [5, 5.41) is 27.4. The molecule has 1 atom stereocenters. The zero-order valence-corrected chi connectivity index (χ0v) is 19.2. The Morgan fingerprint density at radius 1 is 1.14 bits per heavy atom. The van der Waals surface area contributed by atoms with Crippen LogP contribution >= 0.6 is 0 Å². The van der Waals surface area contributed by atoms with Crippen LogP contribution in [0.2, 0.25) is 0 Å². The lowest BCUT2D eigenvalue weighted by atomic mass is 10.1. The molecular weight excluding hydrogens is 468 g/mol. The quantitative estimate of drug-likeness (QED) is 0.210. The molecule has 36 heavy (non-hydrogen) atoms. The van der Waals surface area contributed by atoms with Gasteiger partial charge in [0.15, 0.2) is 5.82 Å². The number of anilines is 2. The van der Waals surface area contributed by atoms with Gasteiger partial charge in [-0.1, -0.05) is 0 Å². The maximum absolute atomic E-state index is 12.5. The average Bonchev–Trinajstić information content (AvgIpc) is 3.06. The molecule has 1 unspecified atom stereocenters. The summed E-state index contributed by atoms with van der Waals surface area (Å²) in [6, 6.07) is 5.20. The Morgan fingerprint density at radius 2 is 1.89 bits per heavy atom. The van der Waals surface area contributed by atoms with Crippen LogP contribution in [0.15, 0.2) is 40.6 Å². The van der Waals surface area contributed by atoms with E-state index in [0.717, 1.165) is 0 Å². The number of hydrogen-bond acceptors (Lipinski definition) is 10. The number of hydrogen-bond donors (Lipinski definition) is 7. The standard InChI is InChI=1S/C23H26N8O5/c24-9-10-26-18(32)8-7-17(22(35)36)29-20(33)14-2-4-15(5-3-14)27-11-13-1-6-16-19(28-12-13)30-23(25)31-21(16)34/h2-6,12,17,27H,7-11,24H2,(H,26,32)(H,29,33)(H,35,36)(H3,25,30,31,34). The first-order valence-electron chi connectivity index (χ1n) is 11.0. The van der Waals surface area contributed by atoms with Gasteiger partial charge in [-0.3, -0.25) is 9.59 Å². The van der Waals surface area contributed by atoms with Crippen molar-refractivity contribution in [3.63, 3.8) is 0 Å². The van der Waals surface area contributed by atoms with E-state index in [9.17, 15) is 24.6 Å². The summed E-state index contributed by atoms with van der Waals surface area (Å²) in [7, 11) is 0. The summed E-state index contributed by atoms with van der Waals surface area (Å²) in [4.78, 5) is 47.6. The molecule has 0 bridgehead atoms. The van der Waals surface area contributed by atoms with Gasteiger partial charge in [0.05, 0.1) is 5.56 Å². The lowest BCUT2D eigenvalue weighted by Crippen LogP contribution is -2.41. The number of nitrogens with two attached hydrogens (primary N) is 2. The van der Waals surface area contributed by atoms with E-state index in [0.29, 0.717) is 29.9 Å². The average molecular weight is 495 g/mol. The van der Waals surface area contributed by atoms with Gasteiger partial charge in [-0.25, -0.2) is 9.79 Å². The summed E-state index contributed by atoms with van der Waals surface area (Å²) >= 11 is 0. The van der Waals surface area contributed by atoms with E-state index in [1.165, 1.54) is 12.3 Å². The van der Waals surface area contributed by atoms with Gasteiger partial charge in [0.1, 0.15) is 6.04 Å². The van der Waals surface area contributed by atoms with Crippen molar-refractivity contribution in [1.82, 2.24) is 20.6 Å². The van der Waals surface area contributed by atoms with Crippen LogP contribution in [-0.4, -0.2) is 69.9 Å². The minimum absolute atomic E-state index is 0.0544. The zero-order valence-electron chi connectivity index (χ0n) is 19.2. The highest BCUT2D eigenvalue weighted by molar-refractivity contribution is 5.97. The number of aliphatic carboxylic acids is 1. The van der Waals surface area contributed by atoms with Crippen LogP contribution in [0.1, 0.15) is 28.8 Å². The van der Waals surface area contributed by atoms with Crippen LogP contribution in [-0.2, 0) is 9.59 Å². The number of aromatic hydroxyl groups is 1. The van der Waals surface area contributed by atoms with Gasteiger partial charge >= 0.3 is 5.97 Å². The van der Waals surface area contributed by atoms with Gasteiger partial charge < -0.3 is 37.6 Å². The number of nitrogens with zero attached hydrogens (tertiary/aromatic N) is 3. The first-order chi connectivity index (χ1) is 17.3. The predicted octanol–water partition coefficient (Wildman–Crippen LogP) is 0.169. The molecule has 2 heterocycles. The highest BCUT2D eigenvalue weighted by atomic mass is 16.4. The van der Waals surface area contributed by atoms with Crippen LogP contribution < -0.4 is 27.4 Å². The second kappa shape index (κ2) is 12.1. The van der Waals surface area contributed by atoms with E-state index in [4.69, 9.17) is 11.5 Å². The monoisotopic (exact) mass is 494 g/mol. The lowest BCUT2D eigenvalue weighted by Gasteiger charge is -2.15. The molecule has 1 aliphatic rings. The molecule has 13 heteroatoms. The Hall–Kier alpha value is -4.74. The third kappa shape index (κ3) is 7.13. The number of nitrogen functional groups attached to an aromatic ring is 1. The molecule has 1 aromatic carbocycles. The fraction of sp³-hybridized carbons (Fsp3) is 0.261. The van der Waals surface area contributed by atoms with Gasteiger partial charge in [-0.05, 0) is 36.8 Å². The molecule has 0 spiro atoms. The third-order valence-electron chi connectivity index (χ3n) is 5.03. The molecule has 0 radical (unpaired) electrons. The number of amides is 2. The smallest absolute Gasteiger partial charge is 0.326 e. The molecule has 13 nitrogen and oxygen atoms in total. The summed E-state index contributed by atoms with van der Waals surface area (Å²) < 4.78 is 0. The summed E-state index contributed by atoms with van der Waals surface area (Å²) in [6.45, 7) is 0.905. The minimum atomic E-state index is -1.23. The number of carbonyl (C=O) groups is 3. The molecule has 1 aromatic heterocycles. The number of rotatable bonds is 11. The number of benzene rings is 1. The summed E-state index contributed by atoms with van der Waals surface area (Å²) in [6.07, 6.45) is 2.94. The van der Waals surface area contributed by atoms with E-state index in [1.807, 2.05) is 0 Å². The van der Waals surface area contributed by atoms with Crippen LogP contribution in [0, 0.1) is 0 Å². The van der Waals surface area contributed by atoms with Crippen molar-refractivity contribution in [3.8, 4) is 5.88 Å². The van der Waals surface area contributed by atoms with E-state index in [-0.39, 0.29) is 48.5 Å². The number of carboxylic acid groups (broad SMARTS) is 1. The second-order valence-electron chi connectivity index (χ2n) is 7.69. The number of carboxylic acids is 1. The van der Waals surface area contributed by atoms with Crippen molar-refractivity contribution in [1.29, 1.82) is 0 Å². The fourth-order valence-corrected chi connectivity index (χ4v) is 3.14. The number of fused-ring (bicyclic) bond motifs is 1. The lowest BCUT2D eigenvalue weighted by molar-refractivity contribution is -0.139. The molecule has 0 saturated heterocycles. The van der Waals surface area contributed by atoms with Crippen molar-refractivity contribution >= 4 is 47.5 Å². The topological polar surface area (TPSA) is 218 Å². The van der Waals surface area contributed by atoms with Crippen molar-refractivity contribution < 1.29 is 24.6 Å². The van der Waals surface area contributed by atoms with E-state index < -0.39 is 17.9 Å². The molecule has 1 aliphatic heterocycles. The number of aromatic nitrogens is 2. The van der Waals surface area contributed by atoms with Gasteiger partial charge in [0, 0.05) is 49.1 Å². The van der Waals surface area contributed by atoms with Crippen molar-refractivity contribution in [2.24, 2.45) is 10.7 Å². The van der Waals surface area contributed by atoms with E-state index in [1.54, 1.807) is 24.3 Å². The van der Waals surface area contributed by atoms with Crippen molar-refractivity contribution in [3.05, 3.63) is 46.7 Å². The molecule has 2 aromatic rings. The SMILES string of the molecule is NCCNC(=O)CCC(NC(=O)c1ccc(NCC2=C=Cc3c(O)nc(N)nc3N=C2)cc1)C(=O)O. The van der Waals surface area contributed by atoms with Gasteiger partial charge in [-0.15, -0.1) is 5.73 Å². The maximum atomic E-state index is 12.5. The second-order valence-corrected chi connectivity index (χ2v) is 7.69. The van der Waals surface area contributed by atoms with Crippen LogP contribution in [0.25, 0.3) is 6.08 Å². The predicted molar refractivity (Wildman–Crippen MR) is 133 cm³/mol.